The van der Waals surface area contributed by atoms with Gasteiger partial charge in [0.2, 0.25) is 0 Å². The molecule has 2 aromatic carbocycles. The van der Waals surface area contributed by atoms with E-state index in [-0.39, 0.29) is 12.1 Å². The second-order valence-corrected chi connectivity index (χ2v) is 8.08. The van der Waals surface area contributed by atoms with Crippen molar-refractivity contribution in [1.82, 2.24) is 14.8 Å². The van der Waals surface area contributed by atoms with Crippen LogP contribution in [0, 0.1) is 0 Å². The maximum atomic E-state index is 13.1. The van der Waals surface area contributed by atoms with Gasteiger partial charge in [-0.2, -0.15) is 0 Å². The number of ether oxygens (including phenoxy) is 2. The Balaban J connectivity index is 1.41. The molecule has 0 radical (unpaired) electrons. The van der Waals surface area contributed by atoms with Crippen LogP contribution in [0.25, 0.3) is 17.0 Å². The van der Waals surface area contributed by atoms with Crippen LogP contribution in [0.1, 0.15) is 11.3 Å². The molecule has 1 fully saturated rings. The molecule has 182 valence electrons. The van der Waals surface area contributed by atoms with Crippen molar-refractivity contribution in [3.8, 4) is 11.5 Å². The van der Waals surface area contributed by atoms with E-state index >= 15 is 0 Å². The third-order valence-corrected chi connectivity index (χ3v) is 5.86. The minimum absolute atomic E-state index is 0.0790. The van der Waals surface area contributed by atoms with E-state index in [1.54, 1.807) is 19.2 Å². The second kappa shape index (κ2) is 9.83. The van der Waals surface area contributed by atoms with Gasteiger partial charge in [-0.15, -0.1) is 0 Å². The summed E-state index contributed by atoms with van der Waals surface area (Å²) in [5, 5.41) is 3.10. The minimum Gasteiger partial charge on any atom is -0.493 e. The van der Waals surface area contributed by atoms with Crippen LogP contribution in [-0.4, -0.2) is 41.0 Å². The Morgan fingerprint density at radius 2 is 1.75 bits per heavy atom. The summed E-state index contributed by atoms with van der Waals surface area (Å²) in [5.41, 5.74) is 1.46. The molecule has 4 amide bonds. The molecule has 1 N–H and O–H groups in total. The van der Waals surface area contributed by atoms with Gasteiger partial charge < -0.3 is 18.5 Å². The Labute approximate surface area is 206 Å². The first-order valence-electron chi connectivity index (χ1n) is 11.3. The number of rotatable bonds is 8. The molecular weight excluding hydrogens is 462 g/mol. The zero-order valence-corrected chi connectivity index (χ0v) is 19.5. The summed E-state index contributed by atoms with van der Waals surface area (Å²) in [6, 6.07) is 17.6. The summed E-state index contributed by atoms with van der Waals surface area (Å²) in [6.07, 6.45) is 4.83. The van der Waals surface area contributed by atoms with Crippen LogP contribution in [-0.2, 0) is 22.7 Å². The highest BCUT2D eigenvalue weighted by atomic mass is 16.5. The van der Waals surface area contributed by atoms with Gasteiger partial charge in [0.05, 0.1) is 26.5 Å². The lowest BCUT2D eigenvalue weighted by Crippen LogP contribution is -2.53. The molecule has 1 aliphatic heterocycles. The third kappa shape index (κ3) is 4.46. The lowest BCUT2D eigenvalue weighted by molar-refractivity contribution is -0.130. The number of imide groups is 2. The fraction of sp³-hybridized carbons (Fsp3) is 0.148. The molecule has 0 spiro atoms. The van der Waals surface area contributed by atoms with Crippen LogP contribution >= 0.6 is 0 Å². The predicted molar refractivity (Wildman–Crippen MR) is 131 cm³/mol. The van der Waals surface area contributed by atoms with Gasteiger partial charge in [-0.25, -0.2) is 4.79 Å². The topological polar surface area (TPSA) is 103 Å². The van der Waals surface area contributed by atoms with Crippen molar-refractivity contribution >= 4 is 34.8 Å². The molecule has 4 aromatic rings. The van der Waals surface area contributed by atoms with E-state index in [4.69, 9.17) is 13.9 Å². The maximum absolute atomic E-state index is 13.1. The number of benzene rings is 2. The first-order chi connectivity index (χ1) is 17.5. The number of carbonyl (C=O) groups excluding carboxylic acids is 3. The number of para-hydroxylation sites is 3. The molecule has 9 nitrogen and oxygen atoms in total. The van der Waals surface area contributed by atoms with Gasteiger partial charge >= 0.3 is 6.03 Å². The minimum atomic E-state index is -0.783. The van der Waals surface area contributed by atoms with E-state index < -0.39 is 17.8 Å². The Morgan fingerprint density at radius 1 is 0.972 bits per heavy atom. The van der Waals surface area contributed by atoms with Crippen molar-refractivity contribution in [2.24, 2.45) is 0 Å². The van der Waals surface area contributed by atoms with Crippen LogP contribution < -0.4 is 14.8 Å². The lowest BCUT2D eigenvalue weighted by atomic mass is 10.1. The molecule has 9 heteroatoms. The highest BCUT2D eigenvalue weighted by Gasteiger charge is 2.36. The van der Waals surface area contributed by atoms with Gasteiger partial charge in [0.15, 0.2) is 11.5 Å². The number of aromatic nitrogens is 1. The van der Waals surface area contributed by atoms with E-state index in [1.165, 1.54) is 12.3 Å². The number of barbiturate groups is 1. The maximum Gasteiger partial charge on any atom is 0.331 e. The van der Waals surface area contributed by atoms with E-state index in [0.717, 1.165) is 15.8 Å². The van der Waals surface area contributed by atoms with Crippen molar-refractivity contribution < 1.29 is 28.3 Å². The highest BCUT2D eigenvalue weighted by molar-refractivity contribution is 6.31. The molecule has 0 aliphatic carbocycles. The summed E-state index contributed by atoms with van der Waals surface area (Å²) in [4.78, 5) is 39.0. The zero-order chi connectivity index (χ0) is 25.1. The Bertz CT molecular complexity index is 1470. The summed E-state index contributed by atoms with van der Waals surface area (Å²) < 4.78 is 18.5. The average molecular weight is 485 g/mol. The number of urea groups is 1. The van der Waals surface area contributed by atoms with Crippen LogP contribution in [0.4, 0.5) is 4.79 Å². The number of methoxy groups -OCH3 is 1. The molecule has 1 aliphatic rings. The highest BCUT2D eigenvalue weighted by Crippen LogP contribution is 2.27. The summed E-state index contributed by atoms with van der Waals surface area (Å²) in [6.45, 7) is 0.815. The molecule has 0 saturated carbocycles. The van der Waals surface area contributed by atoms with Gasteiger partial charge in [-0.05, 0) is 36.4 Å². The van der Waals surface area contributed by atoms with Gasteiger partial charge in [-0.1, -0.05) is 30.3 Å². The Morgan fingerprint density at radius 3 is 2.53 bits per heavy atom. The second-order valence-electron chi connectivity index (χ2n) is 8.08. The molecular formula is C27H23N3O6. The van der Waals surface area contributed by atoms with Gasteiger partial charge in [0, 0.05) is 22.7 Å². The Kier molecular flexibility index (Phi) is 6.27. The predicted octanol–water partition coefficient (Wildman–Crippen LogP) is 3.98. The first-order valence-corrected chi connectivity index (χ1v) is 11.3. The van der Waals surface area contributed by atoms with Crippen molar-refractivity contribution in [3.05, 3.63) is 90.0 Å². The van der Waals surface area contributed by atoms with Crippen LogP contribution in [0.5, 0.6) is 11.5 Å². The standard InChI is InChI=1S/C27H23N3O6/c1-34-23-10-4-5-11-24(23)36-14-12-29-16-18(20-8-2-3-9-22(20)29)15-21-25(31)28-27(33)30(26(21)32)17-19-7-6-13-35-19/h2-11,13,15-16H,12,14,17H2,1H3,(H,28,31,33)/b21-15-. The fourth-order valence-electron chi connectivity index (χ4n) is 4.12. The van der Waals surface area contributed by atoms with Crippen molar-refractivity contribution in [1.29, 1.82) is 0 Å². The van der Waals surface area contributed by atoms with Crippen molar-refractivity contribution in [3.63, 3.8) is 0 Å². The number of furan rings is 1. The summed E-state index contributed by atoms with van der Waals surface area (Å²) >= 11 is 0. The Hall–Kier alpha value is -4.79. The molecule has 0 unspecified atom stereocenters. The molecule has 2 aromatic heterocycles. The first kappa shape index (κ1) is 23.0. The van der Waals surface area contributed by atoms with E-state index in [2.05, 4.69) is 5.32 Å². The quantitative estimate of drug-likeness (QED) is 0.299. The summed E-state index contributed by atoms with van der Waals surface area (Å²) in [5.74, 6) is 0.299. The summed E-state index contributed by atoms with van der Waals surface area (Å²) in [7, 11) is 1.59. The number of fused-ring (bicyclic) bond motifs is 1. The normalized spacial score (nSPS) is 15.0. The van der Waals surface area contributed by atoms with Crippen LogP contribution in [0.3, 0.4) is 0 Å². The fourth-order valence-corrected chi connectivity index (χ4v) is 4.12. The third-order valence-electron chi connectivity index (χ3n) is 5.86. The smallest absolute Gasteiger partial charge is 0.331 e. The van der Waals surface area contributed by atoms with Gasteiger partial charge in [0.25, 0.3) is 11.8 Å². The van der Waals surface area contributed by atoms with Crippen LogP contribution in [0.2, 0.25) is 0 Å². The SMILES string of the molecule is COc1ccccc1OCCn1cc(/C=C2/C(=O)NC(=O)N(Cc3ccco3)C2=O)c2ccccc21. The van der Waals surface area contributed by atoms with Crippen molar-refractivity contribution in [2.75, 3.05) is 13.7 Å². The van der Waals surface area contributed by atoms with Crippen molar-refractivity contribution in [2.45, 2.75) is 13.1 Å². The number of hydrogen-bond acceptors (Lipinski definition) is 6. The van der Waals surface area contributed by atoms with E-state index in [1.807, 2.05) is 59.3 Å². The number of nitrogens with one attached hydrogen (secondary N) is 1. The number of amides is 4. The van der Waals surface area contributed by atoms with E-state index in [9.17, 15) is 14.4 Å². The molecule has 3 heterocycles. The van der Waals surface area contributed by atoms with Gasteiger partial charge in [-0.3, -0.25) is 19.8 Å². The molecule has 1 saturated heterocycles. The zero-order valence-electron chi connectivity index (χ0n) is 19.5. The lowest BCUT2D eigenvalue weighted by Gasteiger charge is -2.25. The monoisotopic (exact) mass is 485 g/mol. The van der Waals surface area contributed by atoms with E-state index in [0.29, 0.717) is 36.0 Å². The number of hydrogen-bond donors (Lipinski definition) is 1. The average Bonchev–Trinajstić information content (AvgIpc) is 3.53. The largest absolute Gasteiger partial charge is 0.493 e. The number of carbonyl (C=O) groups is 3. The number of nitrogens with zero attached hydrogens (tertiary/aromatic N) is 2. The van der Waals surface area contributed by atoms with Gasteiger partial charge in [0.1, 0.15) is 17.9 Å². The molecule has 36 heavy (non-hydrogen) atoms. The molecule has 5 rings (SSSR count). The molecule has 0 atom stereocenters. The van der Waals surface area contributed by atoms with Crippen LogP contribution in [0.15, 0.2) is 83.1 Å². The molecule has 0 bridgehead atoms.